The number of methoxy groups -OCH3 is 3. The first-order chi connectivity index (χ1) is 14.1. The number of hydrogen-bond acceptors (Lipinski definition) is 6. The van der Waals surface area contributed by atoms with Crippen molar-refractivity contribution in [3.8, 4) is 39.9 Å². The van der Waals surface area contributed by atoms with Crippen LogP contribution in [0.5, 0.6) is 28.7 Å². The monoisotopic (exact) mass is 393 g/mol. The van der Waals surface area contributed by atoms with Crippen LogP contribution in [-0.2, 0) is 0 Å². The number of benzene rings is 3. The Morgan fingerprint density at radius 2 is 1.59 bits per heavy atom. The van der Waals surface area contributed by atoms with Gasteiger partial charge in [-0.05, 0) is 30.3 Å². The molecule has 148 valence electrons. The molecule has 3 aromatic carbocycles. The highest BCUT2D eigenvalue weighted by molar-refractivity contribution is 6.23. The molecule has 2 aliphatic rings. The van der Waals surface area contributed by atoms with Crippen LogP contribution in [0.1, 0.15) is 10.4 Å². The van der Waals surface area contributed by atoms with E-state index in [1.807, 2.05) is 24.3 Å². The molecular formula is C22H19NO6. The fourth-order valence-electron chi connectivity index (χ4n) is 4.10. The van der Waals surface area contributed by atoms with E-state index in [-0.39, 0.29) is 12.7 Å². The van der Waals surface area contributed by atoms with Crippen LogP contribution in [0.2, 0.25) is 0 Å². The van der Waals surface area contributed by atoms with E-state index in [4.69, 9.17) is 23.7 Å². The number of fused-ring (bicyclic) bond motifs is 4. The zero-order valence-electron chi connectivity index (χ0n) is 16.5. The second-order valence-corrected chi connectivity index (χ2v) is 6.81. The second kappa shape index (κ2) is 6.20. The summed E-state index contributed by atoms with van der Waals surface area (Å²) in [6.07, 6.45) is 0. The highest BCUT2D eigenvalue weighted by atomic mass is 16.7. The summed E-state index contributed by atoms with van der Waals surface area (Å²) >= 11 is 0. The third-order valence-electron chi connectivity index (χ3n) is 5.49. The lowest BCUT2D eigenvalue weighted by atomic mass is 9.92. The average Bonchev–Trinajstić information content (AvgIpc) is 3.20. The molecule has 0 saturated carbocycles. The molecule has 0 atom stereocenters. The summed E-state index contributed by atoms with van der Waals surface area (Å²) < 4.78 is 28.1. The molecule has 0 saturated heterocycles. The normalized spacial score (nSPS) is 13.9. The molecule has 0 radical (unpaired) electrons. The van der Waals surface area contributed by atoms with Crippen LogP contribution >= 0.6 is 0 Å². The van der Waals surface area contributed by atoms with Gasteiger partial charge in [-0.2, -0.15) is 0 Å². The maximum Gasteiger partial charge on any atom is 0.258 e. The van der Waals surface area contributed by atoms with Crippen LogP contribution in [-0.4, -0.2) is 41.1 Å². The molecule has 7 heteroatoms. The van der Waals surface area contributed by atoms with E-state index in [0.29, 0.717) is 39.9 Å². The Morgan fingerprint density at radius 3 is 2.28 bits per heavy atom. The van der Waals surface area contributed by atoms with Crippen molar-refractivity contribution in [1.82, 2.24) is 0 Å². The van der Waals surface area contributed by atoms with E-state index in [0.717, 1.165) is 22.0 Å². The van der Waals surface area contributed by atoms with Crippen molar-refractivity contribution in [3.05, 3.63) is 35.9 Å². The molecule has 5 rings (SSSR count). The van der Waals surface area contributed by atoms with Crippen molar-refractivity contribution >= 4 is 22.4 Å². The quantitative estimate of drug-likeness (QED) is 0.673. The molecule has 2 heterocycles. The van der Waals surface area contributed by atoms with Gasteiger partial charge in [0, 0.05) is 28.9 Å². The second-order valence-electron chi connectivity index (χ2n) is 6.81. The third-order valence-corrected chi connectivity index (χ3v) is 5.49. The lowest BCUT2D eigenvalue weighted by Gasteiger charge is -2.19. The minimum absolute atomic E-state index is 0.114. The number of hydrogen-bond donors (Lipinski definition) is 0. The summed E-state index contributed by atoms with van der Waals surface area (Å²) in [6, 6.07) is 9.14. The highest BCUT2D eigenvalue weighted by Crippen LogP contribution is 2.54. The molecular weight excluding hydrogens is 374 g/mol. The zero-order valence-corrected chi connectivity index (χ0v) is 16.5. The van der Waals surface area contributed by atoms with Gasteiger partial charge >= 0.3 is 0 Å². The maximum absolute atomic E-state index is 13.4. The highest BCUT2D eigenvalue weighted by Gasteiger charge is 2.33. The van der Waals surface area contributed by atoms with E-state index in [9.17, 15) is 4.79 Å². The predicted octanol–water partition coefficient (Wildman–Crippen LogP) is 3.85. The molecule has 3 aromatic rings. The molecule has 2 aliphatic heterocycles. The molecule has 0 unspecified atom stereocenters. The molecule has 0 spiro atoms. The van der Waals surface area contributed by atoms with Gasteiger partial charge in [0.1, 0.15) is 5.75 Å². The fraction of sp³-hybridized carbons (Fsp3) is 0.227. The number of rotatable bonds is 3. The number of amides is 1. The number of ether oxygens (including phenoxy) is 5. The fourth-order valence-corrected chi connectivity index (χ4v) is 4.10. The summed E-state index contributed by atoms with van der Waals surface area (Å²) in [5.41, 5.74) is 2.72. The molecule has 1 amide bonds. The maximum atomic E-state index is 13.4. The van der Waals surface area contributed by atoms with Gasteiger partial charge < -0.3 is 28.6 Å². The summed E-state index contributed by atoms with van der Waals surface area (Å²) in [5, 5.41) is 1.70. The van der Waals surface area contributed by atoms with Crippen LogP contribution in [0.25, 0.3) is 21.9 Å². The van der Waals surface area contributed by atoms with Crippen LogP contribution in [0, 0.1) is 0 Å². The summed E-state index contributed by atoms with van der Waals surface area (Å²) in [5.74, 6) is 2.75. The Bertz CT molecular complexity index is 1190. The van der Waals surface area contributed by atoms with Crippen molar-refractivity contribution in [2.45, 2.75) is 0 Å². The smallest absolute Gasteiger partial charge is 0.258 e. The van der Waals surface area contributed by atoms with Gasteiger partial charge in [-0.25, -0.2) is 0 Å². The molecule has 0 fully saturated rings. The van der Waals surface area contributed by atoms with Gasteiger partial charge in [0.15, 0.2) is 23.0 Å². The first-order valence-electron chi connectivity index (χ1n) is 9.06. The Balaban J connectivity index is 2.00. The SMILES string of the molecule is COc1cc2c(cc1OC)-c1c3c(cc4c(OC)ccc(c14)N(C)C2=O)OCO3. The van der Waals surface area contributed by atoms with Gasteiger partial charge in [-0.1, -0.05) is 0 Å². The molecule has 29 heavy (non-hydrogen) atoms. The van der Waals surface area contributed by atoms with E-state index in [1.54, 1.807) is 39.3 Å². The topological polar surface area (TPSA) is 66.5 Å². The molecule has 7 nitrogen and oxygen atoms in total. The van der Waals surface area contributed by atoms with E-state index in [2.05, 4.69) is 0 Å². The third kappa shape index (κ3) is 2.27. The van der Waals surface area contributed by atoms with Crippen LogP contribution in [0.3, 0.4) is 0 Å². The minimum Gasteiger partial charge on any atom is -0.496 e. The first-order valence-corrected chi connectivity index (χ1v) is 9.06. The number of nitrogens with zero attached hydrogens (tertiary/aromatic N) is 1. The first kappa shape index (κ1) is 17.5. The molecule has 0 aliphatic carbocycles. The number of anilines is 1. The summed E-state index contributed by atoms with van der Waals surface area (Å²) in [4.78, 5) is 15.0. The van der Waals surface area contributed by atoms with Crippen molar-refractivity contribution in [1.29, 1.82) is 0 Å². The Kier molecular flexibility index (Phi) is 3.74. The van der Waals surface area contributed by atoms with Crippen LogP contribution in [0.15, 0.2) is 30.3 Å². The minimum atomic E-state index is -0.156. The van der Waals surface area contributed by atoms with Gasteiger partial charge in [0.05, 0.1) is 32.6 Å². The van der Waals surface area contributed by atoms with E-state index < -0.39 is 0 Å². The standard InChI is InChI=1S/C22H19NO6/c1-23-14-5-6-15(25-2)13-9-18-21(29-10-28-18)20(19(13)14)11-7-16(26-3)17(27-4)8-12(11)22(23)24/h5-9H,10H2,1-4H3. The van der Waals surface area contributed by atoms with Crippen molar-refractivity contribution < 1.29 is 28.5 Å². The lowest BCUT2D eigenvalue weighted by Crippen LogP contribution is -2.25. The van der Waals surface area contributed by atoms with E-state index >= 15 is 0 Å². The molecule has 0 aromatic heterocycles. The predicted molar refractivity (Wildman–Crippen MR) is 108 cm³/mol. The Morgan fingerprint density at radius 1 is 0.897 bits per heavy atom. The van der Waals surface area contributed by atoms with Crippen LogP contribution in [0.4, 0.5) is 5.69 Å². The van der Waals surface area contributed by atoms with Gasteiger partial charge in [-0.3, -0.25) is 4.79 Å². The lowest BCUT2D eigenvalue weighted by molar-refractivity contribution is 0.0994. The van der Waals surface area contributed by atoms with Gasteiger partial charge in [0.25, 0.3) is 5.91 Å². The van der Waals surface area contributed by atoms with Crippen LogP contribution < -0.4 is 28.6 Å². The van der Waals surface area contributed by atoms with Crippen molar-refractivity contribution in [3.63, 3.8) is 0 Å². The van der Waals surface area contributed by atoms with E-state index in [1.165, 1.54) is 0 Å². The van der Waals surface area contributed by atoms with Gasteiger partial charge in [0.2, 0.25) is 6.79 Å². The number of carbonyl (C=O) groups excluding carboxylic acids is 1. The Labute approximate surface area is 167 Å². The van der Waals surface area contributed by atoms with Gasteiger partial charge in [-0.15, -0.1) is 0 Å². The zero-order chi connectivity index (χ0) is 20.3. The van der Waals surface area contributed by atoms with Crippen molar-refractivity contribution in [2.24, 2.45) is 0 Å². The largest absolute Gasteiger partial charge is 0.496 e. The Hall–Kier alpha value is -3.61. The average molecular weight is 393 g/mol. The summed E-state index contributed by atoms with van der Waals surface area (Å²) in [6.45, 7) is 0.114. The summed E-state index contributed by atoms with van der Waals surface area (Å²) in [7, 11) is 6.49. The van der Waals surface area contributed by atoms with Crippen molar-refractivity contribution in [2.75, 3.05) is 40.1 Å². The molecule has 0 N–H and O–H groups in total. The molecule has 0 bridgehead atoms. The number of carbonyl (C=O) groups is 1.